The summed E-state index contributed by atoms with van der Waals surface area (Å²) in [6.07, 6.45) is 4.91. The van der Waals surface area contributed by atoms with E-state index < -0.39 is 5.54 Å². The molecule has 5 heteroatoms. The van der Waals surface area contributed by atoms with Crippen LogP contribution in [-0.2, 0) is 9.53 Å². The number of carbonyl (C=O) groups excluding carboxylic acids is 1. The van der Waals surface area contributed by atoms with Crippen LogP contribution in [0.15, 0.2) is 0 Å². The van der Waals surface area contributed by atoms with Gasteiger partial charge in [-0.15, -0.1) is 0 Å². The highest BCUT2D eigenvalue weighted by molar-refractivity contribution is 5.86. The highest BCUT2D eigenvalue weighted by Gasteiger charge is 2.35. The molecule has 3 N–H and O–H groups in total. The third kappa shape index (κ3) is 3.67. The minimum Gasteiger partial charge on any atom is -0.381 e. The first kappa shape index (κ1) is 13.8. The van der Waals surface area contributed by atoms with E-state index in [2.05, 4.69) is 10.2 Å². The molecule has 18 heavy (non-hydrogen) atoms. The van der Waals surface area contributed by atoms with Gasteiger partial charge in [0.25, 0.3) is 0 Å². The van der Waals surface area contributed by atoms with Crippen LogP contribution in [0.25, 0.3) is 0 Å². The number of hydrogen-bond acceptors (Lipinski definition) is 4. The van der Waals surface area contributed by atoms with Gasteiger partial charge in [0.2, 0.25) is 5.91 Å². The van der Waals surface area contributed by atoms with E-state index >= 15 is 0 Å². The zero-order valence-corrected chi connectivity index (χ0v) is 11.1. The van der Waals surface area contributed by atoms with Crippen LogP contribution in [0.4, 0.5) is 0 Å². The molecule has 0 unspecified atom stereocenters. The van der Waals surface area contributed by atoms with E-state index in [4.69, 9.17) is 10.5 Å². The van der Waals surface area contributed by atoms with Gasteiger partial charge in [-0.25, -0.2) is 0 Å². The zero-order valence-electron chi connectivity index (χ0n) is 11.1. The normalized spacial score (nSPS) is 24.1. The molecule has 2 rings (SSSR count). The third-order valence-corrected chi connectivity index (χ3v) is 3.97. The summed E-state index contributed by atoms with van der Waals surface area (Å²) in [5, 5.41) is 2.97. The molecule has 1 amide bonds. The van der Waals surface area contributed by atoms with Gasteiger partial charge in [0.05, 0.1) is 5.54 Å². The molecule has 0 aromatic carbocycles. The molecule has 0 atom stereocenters. The van der Waals surface area contributed by atoms with E-state index in [1.807, 2.05) is 0 Å². The van der Waals surface area contributed by atoms with Gasteiger partial charge < -0.3 is 20.7 Å². The van der Waals surface area contributed by atoms with Gasteiger partial charge in [-0.05, 0) is 51.7 Å². The minimum absolute atomic E-state index is 0.00720. The third-order valence-electron chi connectivity index (χ3n) is 3.97. The molecule has 0 spiro atoms. The van der Waals surface area contributed by atoms with Crippen molar-refractivity contribution >= 4 is 5.91 Å². The molecule has 0 aromatic heterocycles. The minimum atomic E-state index is -0.702. The Bertz CT molecular complexity index is 271. The van der Waals surface area contributed by atoms with Gasteiger partial charge >= 0.3 is 0 Å². The standard InChI is InChI=1S/C13H25N3O2/c14-13(4-10-18-11-5-13)12(17)15-6-3-9-16-7-1-2-8-16/h1-11,14H2,(H,15,17). The molecule has 0 radical (unpaired) electrons. The van der Waals surface area contributed by atoms with E-state index in [1.165, 1.54) is 25.9 Å². The second-order valence-electron chi connectivity index (χ2n) is 5.43. The summed E-state index contributed by atoms with van der Waals surface area (Å²) in [6, 6.07) is 0. The Morgan fingerprint density at radius 3 is 2.61 bits per heavy atom. The van der Waals surface area contributed by atoms with Crippen molar-refractivity contribution in [2.45, 2.75) is 37.6 Å². The van der Waals surface area contributed by atoms with Crippen molar-refractivity contribution in [1.82, 2.24) is 10.2 Å². The fourth-order valence-corrected chi connectivity index (χ4v) is 2.65. The topological polar surface area (TPSA) is 67.6 Å². The highest BCUT2D eigenvalue weighted by atomic mass is 16.5. The summed E-state index contributed by atoms with van der Waals surface area (Å²) >= 11 is 0. The Kier molecular flexibility index (Phi) is 4.97. The first-order chi connectivity index (χ1) is 8.71. The van der Waals surface area contributed by atoms with Crippen molar-refractivity contribution in [3.63, 3.8) is 0 Å². The molecule has 2 heterocycles. The Hall–Kier alpha value is -0.650. The predicted octanol–water partition coefficient (Wildman–Crippen LogP) is 0.0964. The first-order valence-electron chi connectivity index (χ1n) is 7.08. The van der Waals surface area contributed by atoms with Gasteiger partial charge in [-0.1, -0.05) is 0 Å². The van der Waals surface area contributed by atoms with Crippen molar-refractivity contribution in [2.24, 2.45) is 5.73 Å². The molecule has 2 aliphatic heterocycles. The molecule has 0 saturated carbocycles. The van der Waals surface area contributed by atoms with Gasteiger partial charge in [-0.2, -0.15) is 0 Å². The number of nitrogens with one attached hydrogen (secondary N) is 1. The maximum Gasteiger partial charge on any atom is 0.240 e. The van der Waals surface area contributed by atoms with Gasteiger partial charge in [0.15, 0.2) is 0 Å². The lowest BCUT2D eigenvalue weighted by Crippen LogP contribution is -2.57. The molecule has 2 fully saturated rings. The number of hydrogen-bond donors (Lipinski definition) is 2. The molecule has 0 aromatic rings. The van der Waals surface area contributed by atoms with Crippen molar-refractivity contribution in [2.75, 3.05) is 39.4 Å². The lowest BCUT2D eigenvalue weighted by atomic mass is 9.90. The molecular formula is C13H25N3O2. The maximum absolute atomic E-state index is 12.0. The summed E-state index contributed by atoms with van der Waals surface area (Å²) in [7, 11) is 0. The van der Waals surface area contributed by atoms with Crippen LogP contribution in [-0.4, -0.2) is 55.7 Å². The predicted molar refractivity (Wildman–Crippen MR) is 70.3 cm³/mol. The van der Waals surface area contributed by atoms with E-state index in [0.29, 0.717) is 26.1 Å². The number of ether oxygens (including phenoxy) is 1. The second-order valence-corrected chi connectivity index (χ2v) is 5.43. The Morgan fingerprint density at radius 2 is 1.94 bits per heavy atom. The number of nitrogens with two attached hydrogens (primary N) is 1. The zero-order chi connectivity index (χ0) is 12.8. The monoisotopic (exact) mass is 255 g/mol. The van der Waals surface area contributed by atoms with Crippen molar-refractivity contribution in [1.29, 1.82) is 0 Å². The number of likely N-dealkylation sites (tertiary alicyclic amines) is 1. The molecule has 104 valence electrons. The average molecular weight is 255 g/mol. The van der Waals surface area contributed by atoms with E-state index in [9.17, 15) is 4.79 Å². The Balaban J connectivity index is 1.61. The fraction of sp³-hybridized carbons (Fsp3) is 0.923. The van der Waals surface area contributed by atoms with Gasteiger partial charge in [0.1, 0.15) is 0 Å². The largest absolute Gasteiger partial charge is 0.381 e. The quantitative estimate of drug-likeness (QED) is 0.684. The molecule has 0 bridgehead atoms. The lowest BCUT2D eigenvalue weighted by molar-refractivity contribution is -0.129. The first-order valence-corrected chi connectivity index (χ1v) is 7.08. The van der Waals surface area contributed by atoms with Crippen LogP contribution >= 0.6 is 0 Å². The van der Waals surface area contributed by atoms with Crippen LogP contribution in [0, 0.1) is 0 Å². The summed E-state index contributed by atoms with van der Waals surface area (Å²) < 4.78 is 5.24. The van der Waals surface area contributed by atoms with Crippen LogP contribution in [0.2, 0.25) is 0 Å². The van der Waals surface area contributed by atoms with Crippen molar-refractivity contribution < 1.29 is 9.53 Å². The maximum atomic E-state index is 12.0. The van der Waals surface area contributed by atoms with E-state index in [-0.39, 0.29) is 5.91 Å². The van der Waals surface area contributed by atoms with Gasteiger partial charge in [-0.3, -0.25) is 4.79 Å². The molecule has 5 nitrogen and oxygen atoms in total. The molecule has 2 aliphatic rings. The van der Waals surface area contributed by atoms with Crippen LogP contribution < -0.4 is 11.1 Å². The number of rotatable bonds is 5. The summed E-state index contributed by atoms with van der Waals surface area (Å²) in [5.41, 5.74) is 5.40. The van der Waals surface area contributed by atoms with Crippen molar-refractivity contribution in [3.8, 4) is 0 Å². The Labute approximate surface area is 109 Å². The number of carbonyl (C=O) groups is 1. The SMILES string of the molecule is NC1(C(=O)NCCCN2CCCC2)CCOCC1. The fourth-order valence-electron chi connectivity index (χ4n) is 2.65. The molecular weight excluding hydrogens is 230 g/mol. The van der Waals surface area contributed by atoms with Gasteiger partial charge in [0, 0.05) is 19.8 Å². The van der Waals surface area contributed by atoms with Crippen LogP contribution in [0.3, 0.4) is 0 Å². The smallest absolute Gasteiger partial charge is 0.240 e. The number of amides is 1. The Morgan fingerprint density at radius 1 is 1.28 bits per heavy atom. The number of nitrogens with zero attached hydrogens (tertiary/aromatic N) is 1. The van der Waals surface area contributed by atoms with Crippen molar-refractivity contribution in [3.05, 3.63) is 0 Å². The molecule has 2 saturated heterocycles. The highest BCUT2D eigenvalue weighted by Crippen LogP contribution is 2.17. The average Bonchev–Trinajstić information content (AvgIpc) is 2.88. The lowest BCUT2D eigenvalue weighted by Gasteiger charge is -2.31. The second kappa shape index (κ2) is 6.50. The molecule has 0 aliphatic carbocycles. The summed E-state index contributed by atoms with van der Waals surface area (Å²) in [6.45, 7) is 5.43. The van der Waals surface area contributed by atoms with Crippen LogP contribution in [0.5, 0.6) is 0 Å². The summed E-state index contributed by atoms with van der Waals surface area (Å²) in [5.74, 6) is -0.00720. The summed E-state index contributed by atoms with van der Waals surface area (Å²) in [4.78, 5) is 14.5. The van der Waals surface area contributed by atoms with E-state index in [0.717, 1.165) is 19.5 Å². The van der Waals surface area contributed by atoms with E-state index in [1.54, 1.807) is 0 Å². The van der Waals surface area contributed by atoms with Crippen LogP contribution in [0.1, 0.15) is 32.1 Å².